The summed E-state index contributed by atoms with van der Waals surface area (Å²) in [4.78, 5) is 10.2. The van der Waals surface area contributed by atoms with Crippen molar-refractivity contribution in [2.75, 3.05) is 0 Å². The number of hydrogen-bond donors (Lipinski definition) is 0. The lowest BCUT2D eigenvalue weighted by molar-refractivity contribution is -0.425. The summed E-state index contributed by atoms with van der Waals surface area (Å²) in [7, 11) is 0. The molecular weight excluding hydrogens is 237 g/mol. The van der Waals surface area contributed by atoms with Crippen molar-refractivity contribution >= 4 is 29.3 Å². The molecule has 5 heteroatoms. The van der Waals surface area contributed by atoms with Crippen molar-refractivity contribution < 1.29 is 4.92 Å². The first-order valence-corrected chi connectivity index (χ1v) is 5.10. The molecular formula is C10H9Cl2NO2. The second-order valence-electron chi connectivity index (χ2n) is 2.91. The van der Waals surface area contributed by atoms with Gasteiger partial charge in [-0.1, -0.05) is 36.2 Å². The molecule has 0 radical (unpaired) electrons. The summed E-state index contributed by atoms with van der Waals surface area (Å²) in [6.45, 7) is 1.72. The van der Waals surface area contributed by atoms with Crippen LogP contribution in [0.5, 0.6) is 0 Å². The SMILES string of the molecule is CCC(=Cc1ccc(Cl)cc1Cl)[N+](=O)[O-]. The molecule has 0 heterocycles. The minimum Gasteiger partial charge on any atom is -0.259 e. The average Bonchev–Trinajstić information content (AvgIpc) is 2.16. The van der Waals surface area contributed by atoms with E-state index in [1.807, 2.05) is 0 Å². The fraction of sp³-hybridized carbons (Fsp3) is 0.200. The monoisotopic (exact) mass is 245 g/mol. The van der Waals surface area contributed by atoms with Gasteiger partial charge in [0.25, 0.3) is 0 Å². The molecule has 1 aromatic carbocycles. The molecule has 0 aliphatic carbocycles. The van der Waals surface area contributed by atoms with Gasteiger partial charge in [0.05, 0.1) is 4.92 Å². The Hall–Kier alpha value is -1.06. The average molecular weight is 246 g/mol. The summed E-state index contributed by atoms with van der Waals surface area (Å²) in [5.41, 5.74) is 0.730. The largest absolute Gasteiger partial charge is 0.259 e. The smallest absolute Gasteiger partial charge is 0.246 e. The van der Waals surface area contributed by atoms with Crippen LogP contribution in [0.2, 0.25) is 10.0 Å². The van der Waals surface area contributed by atoms with Gasteiger partial charge in [0.15, 0.2) is 0 Å². The summed E-state index contributed by atoms with van der Waals surface area (Å²) in [6.07, 6.45) is 1.81. The Kier molecular flexibility index (Phi) is 4.12. The Morgan fingerprint density at radius 2 is 2.20 bits per heavy atom. The molecule has 15 heavy (non-hydrogen) atoms. The van der Waals surface area contributed by atoms with E-state index in [1.165, 1.54) is 6.08 Å². The number of nitro groups is 1. The molecule has 0 fully saturated rings. The molecule has 1 aromatic rings. The Labute approximate surface area is 97.5 Å². The van der Waals surface area contributed by atoms with Crippen molar-refractivity contribution in [1.29, 1.82) is 0 Å². The Morgan fingerprint density at radius 3 is 2.67 bits per heavy atom. The quantitative estimate of drug-likeness (QED) is 0.597. The maximum absolute atomic E-state index is 10.6. The molecule has 0 saturated heterocycles. The highest BCUT2D eigenvalue weighted by Crippen LogP contribution is 2.23. The third-order valence-electron chi connectivity index (χ3n) is 1.88. The highest BCUT2D eigenvalue weighted by Gasteiger charge is 2.08. The predicted molar refractivity (Wildman–Crippen MR) is 61.7 cm³/mol. The van der Waals surface area contributed by atoms with Crippen LogP contribution in [-0.2, 0) is 0 Å². The van der Waals surface area contributed by atoms with Gasteiger partial charge in [-0.3, -0.25) is 10.1 Å². The van der Waals surface area contributed by atoms with Crippen LogP contribution >= 0.6 is 23.2 Å². The maximum Gasteiger partial charge on any atom is 0.246 e. The van der Waals surface area contributed by atoms with Crippen molar-refractivity contribution in [1.82, 2.24) is 0 Å². The zero-order valence-electron chi connectivity index (χ0n) is 8.04. The third kappa shape index (κ3) is 3.22. The molecule has 0 amide bonds. The minimum atomic E-state index is -0.412. The van der Waals surface area contributed by atoms with E-state index in [4.69, 9.17) is 23.2 Å². The molecule has 1 rings (SSSR count). The molecule has 0 aromatic heterocycles. The van der Waals surface area contributed by atoms with E-state index in [0.29, 0.717) is 22.0 Å². The van der Waals surface area contributed by atoms with Crippen molar-refractivity contribution in [3.05, 3.63) is 49.6 Å². The van der Waals surface area contributed by atoms with Crippen molar-refractivity contribution in [2.24, 2.45) is 0 Å². The van der Waals surface area contributed by atoms with Gasteiger partial charge in [-0.15, -0.1) is 0 Å². The van der Waals surface area contributed by atoms with Gasteiger partial charge >= 0.3 is 0 Å². The summed E-state index contributed by atoms with van der Waals surface area (Å²) >= 11 is 11.6. The number of nitrogens with zero attached hydrogens (tertiary/aromatic N) is 1. The van der Waals surface area contributed by atoms with E-state index >= 15 is 0 Å². The number of hydrogen-bond acceptors (Lipinski definition) is 2. The molecule has 80 valence electrons. The first-order chi connectivity index (χ1) is 7.04. The first-order valence-electron chi connectivity index (χ1n) is 4.34. The number of allylic oxidation sites excluding steroid dienone is 1. The molecule has 0 aliphatic rings. The fourth-order valence-electron chi connectivity index (χ4n) is 1.08. The van der Waals surface area contributed by atoms with Gasteiger partial charge in [-0.2, -0.15) is 0 Å². The zero-order valence-corrected chi connectivity index (χ0v) is 9.55. The number of rotatable bonds is 3. The van der Waals surface area contributed by atoms with Crippen LogP contribution in [0.4, 0.5) is 0 Å². The third-order valence-corrected chi connectivity index (χ3v) is 2.44. The molecule has 0 unspecified atom stereocenters. The lowest BCUT2D eigenvalue weighted by Gasteiger charge is -1.99. The first kappa shape index (κ1) is 12.0. The Balaban J connectivity index is 3.12. The van der Waals surface area contributed by atoms with Crippen molar-refractivity contribution in [3.63, 3.8) is 0 Å². The number of benzene rings is 1. The standard InChI is InChI=1S/C10H9Cl2NO2/c1-2-9(13(14)15)5-7-3-4-8(11)6-10(7)12/h3-6H,2H2,1H3. The van der Waals surface area contributed by atoms with E-state index in [1.54, 1.807) is 25.1 Å². The van der Waals surface area contributed by atoms with E-state index < -0.39 is 4.92 Å². The molecule has 0 bridgehead atoms. The Morgan fingerprint density at radius 1 is 1.53 bits per heavy atom. The van der Waals surface area contributed by atoms with E-state index in [-0.39, 0.29) is 5.70 Å². The van der Waals surface area contributed by atoms with Gasteiger partial charge in [0.1, 0.15) is 0 Å². The summed E-state index contributed by atoms with van der Waals surface area (Å²) in [5.74, 6) is 0. The van der Waals surface area contributed by atoms with Crippen LogP contribution < -0.4 is 0 Å². The van der Waals surface area contributed by atoms with Crippen LogP contribution in [-0.4, -0.2) is 4.92 Å². The highest BCUT2D eigenvalue weighted by molar-refractivity contribution is 6.35. The van der Waals surface area contributed by atoms with Crippen LogP contribution in [0.15, 0.2) is 23.9 Å². The summed E-state index contributed by atoms with van der Waals surface area (Å²) in [5, 5.41) is 11.5. The topological polar surface area (TPSA) is 43.1 Å². The molecule has 0 atom stereocenters. The van der Waals surface area contributed by atoms with Gasteiger partial charge in [-0.25, -0.2) is 0 Å². The second-order valence-corrected chi connectivity index (χ2v) is 3.76. The van der Waals surface area contributed by atoms with E-state index in [2.05, 4.69) is 0 Å². The predicted octanol–water partition coefficient (Wildman–Crippen LogP) is 4.02. The van der Waals surface area contributed by atoms with Gasteiger partial charge in [-0.05, 0) is 17.7 Å². The highest BCUT2D eigenvalue weighted by atomic mass is 35.5. The molecule has 3 nitrogen and oxygen atoms in total. The Bertz CT molecular complexity index is 416. The van der Waals surface area contributed by atoms with Crippen LogP contribution in [0.1, 0.15) is 18.9 Å². The van der Waals surface area contributed by atoms with Gasteiger partial charge < -0.3 is 0 Å². The zero-order chi connectivity index (χ0) is 11.4. The van der Waals surface area contributed by atoms with Gasteiger partial charge in [0, 0.05) is 22.5 Å². The van der Waals surface area contributed by atoms with Crippen molar-refractivity contribution in [2.45, 2.75) is 13.3 Å². The maximum atomic E-state index is 10.6. The van der Waals surface area contributed by atoms with E-state index in [0.717, 1.165) is 0 Å². The van der Waals surface area contributed by atoms with Crippen LogP contribution in [0.3, 0.4) is 0 Å². The second kappa shape index (κ2) is 5.14. The molecule has 0 aliphatic heterocycles. The lowest BCUT2D eigenvalue weighted by atomic mass is 10.2. The number of halogens is 2. The lowest BCUT2D eigenvalue weighted by Crippen LogP contribution is -1.96. The molecule has 0 spiro atoms. The molecule has 0 N–H and O–H groups in total. The molecule has 0 saturated carbocycles. The van der Waals surface area contributed by atoms with Crippen LogP contribution in [0, 0.1) is 10.1 Å². The van der Waals surface area contributed by atoms with Crippen LogP contribution in [0.25, 0.3) is 6.08 Å². The minimum absolute atomic E-state index is 0.124. The summed E-state index contributed by atoms with van der Waals surface area (Å²) < 4.78 is 0. The van der Waals surface area contributed by atoms with Crippen molar-refractivity contribution in [3.8, 4) is 0 Å². The summed E-state index contributed by atoms with van der Waals surface area (Å²) in [6, 6.07) is 4.86. The van der Waals surface area contributed by atoms with Gasteiger partial charge in [0.2, 0.25) is 5.70 Å². The normalized spacial score (nSPS) is 11.5. The fourth-order valence-corrected chi connectivity index (χ4v) is 1.54. The van der Waals surface area contributed by atoms with E-state index in [9.17, 15) is 10.1 Å².